The SMILES string of the molecule is COc1ccccc1CN1CCN(C(=O)C2CC23CCN(C(=O)c2nonc2C)CC3)CC1. The van der Waals surface area contributed by atoms with Crippen molar-refractivity contribution in [2.24, 2.45) is 11.3 Å². The number of amides is 2. The highest BCUT2D eigenvalue weighted by atomic mass is 16.6. The van der Waals surface area contributed by atoms with Crippen molar-refractivity contribution < 1.29 is 19.0 Å². The zero-order valence-electron chi connectivity index (χ0n) is 19.3. The van der Waals surface area contributed by atoms with E-state index < -0.39 is 0 Å². The summed E-state index contributed by atoms with van der Waals surface area (Å²) in [6.45, 7) is 7.15. The maximum atomic E-state index is 13.2. The maximum Gasteiger partial charge on any atom is 0.278 e. The number of carbonyl (C=O) groups is 2. The summed E-state index contributed by atoms with van der Waals surface area (Å²) in [6.07, 6.45) is 2.68. The van der Waals surface area contributed by atoms with Gasteiger partial charge in [-0.05, 0) is 42.8 Å². The smallest absolute Gasteiger partial charge is 0.278 e. The number of rotatable bonds is 5. The molecule has 1 saturated carbocycles. The molecule has 9 heteroatoms. The van der Waals surface area contributed by atoms with Gasteiger partial charge in [-0.15, -0.1) is 0 Å². The van der Waals surface area contributed by atoms with Crippen LogP contribution >= 0.6 is 0 Å². The fourth-order valence-electron chi connectivity index (χ4n) is 5.40. The molecule has 33 heavy (non-hydrogen) atoms. The number of benzene rings is 1. The zero-order chi connectivity index (χ0) is 23.0. The molecule has 1 spiro atoms. The van der Waals surface area contributed by atoms with Crippen molar-refractivity contribution in [1.82, 2.24) is 25.0 Å². The van der Waals surface area contributed by atoms with Crippen LogP contribution in [0.2, 0.25) is 0 Å². The molecule has 9 nitrogen and oxygen atoms in total. The molecule has 3 fully saturated rings. The fourth-order valence-corrected chi connectivity index (χ4v) is 5.40. The van der Waals surface area contributed by atoms with E-state index in [1.54, 1.807) is 14.0 Å². The molecular formula is C24H31N5O4. The lowest BCUT2D eigenvalue weighted by Gasteiger charge is -2.36. The third kappa shape index (κ3) is 4.21. The Morgan fingerprint density at radius 2 is 1.79 bits per heavy atom. The summed E-state index contributed by atoms with van der Waals surface area (Å²) in [7, 11) is 1.70. The maximum absolute atomic E-state index is 13.2. The lowest BCUT2D eigenvalue weighted by atomic mass is 9.90. The standard InChI is InChI=1S/C24H31N5O4/c1-17-21(26-33-25-17)23(31)28-9-7-24(8-10-28)15-19(24)22(30)29-13-11-27(12-14-29)16-18-5-3-4-6-20(18)32-2/h3-6,19H,7-16H2,1-2H3. The molecule has 1 unspecified atom stereocenters. The van der Waals surface area contributed by atoms with Gasteiger partial charge in [0.05, 0.1) is 7.11 Å². The van der Waals surface area contributed by atoms with E-state index in [9.17, 15) is 9.59 Å². The second-order valence-corrected chi connectivity index (χ2v) is 9.52. The Balaban J connectivity index is 1.11. The predicted octanol–water partition coefficient (Wildman–Crippen LogP) is 1.97. The molecule has 2 aliphatic heterocycles. The number of hydrogen-bond acceptors (Lipinski definition) is 7. The number of hydrogen-bond donors (Lipinski definition) is 0. The van der Waals surface area contributed by atoms with Crippen molar-refractivity contribution in [1.29, 1.82) is 0 Å². The van der Waals surface area contributed by atoms with Crippen molar-refractivity contribution in [3.63, 3.8) is 0 Å². The normalized spacial score (nSPS) is 22.4. The largest absolute Gasteiger partial charge is 0.496 e. The summed E-state index contributed by atoms with van der Waals surface area (Å²) >= 11 is 0. The van der Waals surface area contributed by atoms with E-state index in [-0.39, 0.29) is 17.2 Å². The van der Waals surface area contributed by atoms with Gasteiger partial charge in [0.1, 0.15) is 11.4 Å². The molecule has 5 rings (SSSR count). The van der Waals surface area contributed by atoms with Crippen LogP contribution in [-0.2, 0) is 11.3 Å². The number of aryl methyl sites for hydroxylation is 1. The number of likely N-dealkylation sites (tertiary alicyclic amines) is 1. The van der Waals surface area contributed by atoms with E-state index in [0.29, 0.717) is 30.4 Å². The summed E-state index contributed by atoms with van der Waals surface area (Å²) in [6, 6.07) is 8.11. The van der Waals surface area contributed by atoms with E-state index in [1.165, 1.54) is 5.56 Å². The molecule has 0 bridgehead atoms. The Bertz CT molecular complexity index is 1020. The highest BCUT2D eigenvalue weighted by Crippen LogP contribution is 2.60. The number of ether oxygens (including phenoxy) is 1. The monoisotopic (exact) mass is 453 g/mol. The average molecular weight is 454 g/mol. The number of carbonyl (C=O) groups excluding carboxylic acids is 2. The molecule has 1 atom stereocenters. The van der Waals surface area contributed by atoms with Crippen LogP contribution in [0.5, 0.6) is 5.75 Å². The third-order valence-electron chi connectivity index (χ3n) is 7.66. The van der Waals surface area contributed by atoms with Crippen LogP contribution in [0.1, 0.15) is 41.0 Å². The molecule has 1 aromatic heterocycles. The Hall–Kier alpha value is -2.94. The molecule has 2 saturated heterocycles. The van der Waals surface area contributed by atoms with E-state index in [1.807, 2.05) is 28.0 Å². The van der Waals surface area contributed by atoms with E-state index in [0.717, 1.165) is 57.7 Å². The third-order valence-corrected chi connectivity index (χ3v) is 7.66. The Morgan fingerprint density at radius 3 is 2.45 bits per heavy atom. The molecule has 1 aromatic carbocycles. The first-order chi connectivity index (χ1) is 16.0. The van der Waals surface area contributed by atoms with E-state index in [2.05, 4.69) is 25.9 Å². The van der Waals surface area contributed by atoms with E-state index >= 15 is 0 Å². The number of piperidine rings is 1. The minimum atomic E-state index is -0.127. The second-order valence-electron chi connectivity index (χ2n) is 9.52. The second kappa shape index (κ2) is 8.78. The lowest BCUT2D eigenvalue weighted by Crippen LogP contribution is -2.49. The molecule has 176 valence electrons. The van der Waals surface area contributed by atoms with Crippen molar-refractivity contribution in [3.8, 4) is 5.75 Å². The quantitative estimate of drug-likeness (QED) is 0.683. The molecule has 3 aliphatic rings. The number of nitrogens with zero attached hydrogens (tertiary/aromatic N) is 5. The first-order valence-electron chi connectivity index (χ1n) is 11.7. The zero-order valence-corrected chi connectivity index (χ0v) is 19.3. The van der Waals surface area contributed by atoms with Crippen LogP contribution < -0.4 is 4.74 Å². The number of para-hydroxylation sites is 1. The van der Waals surface area contributed by atoms with Crippen molar-refractivity contribution in [2.75, 3.05) is 46.4 Å². The van der Waals surface area contributed by atoms with Gasteiger partial charge in [0.25, 0.3) is 5.91 Å². The number of aromatic nitrogens is 2. The van der Waals surface area contributed by atoms with Gasteiger partial charge in [-0.1, -0.05) is 23.4 Å². The number of piperazine rings is 1. The predicted molar refractivity (Wildman–Crippen MR) is 120 cm³/mol. The minimum Gasteiger partial charge on any atom is -0.496 e. The van der Waals surface area contributed by atoms with Gasteiger partial charge in [-0.25, -0.2) is 4.63 Å². The van der Waals surface area contributed by atoms with Crippen molar-refractivity contribution in [3.05, 3.63) is 41.2 Å². The lowest BCUT2D eigenvalue weighted by molar-refractivity contribution is -0.135. The summed E-state index contributed by atoms with van der Waals surface area (Å²) in [5.74, 6) is 1.18. The first-order valence-corrected chi connectivity index (χ1v) is 11.7. The van der Waals surface area contributed by atoms with Gasteiger partial charge in [0, 0.05) is 57.3 Å². The Labute approximate surface area is 193 Å². The van der Waals surface area contributed by atoms with Gasteiger partial charge < -0.3 is 14.5 Å². The minimum absolute atomic E-state index is 0.0690. The molecule has 1 aliphatic carbocycles. The van der Waals surface area contributed by atoms with Crippen LogP contribution in [0.25, 0.3) is 0 Å². The molecule has 0 N–H and O–H groups in total. The topological polar surface area (TPSA) is 92.0 Å². The summed E-state index contributed by atoms with van der Waals surface area (Å²) in [5.41, 5.74) is 2.06. The van der Waals surface area contributed by atoms with Crippen LogP contribution in [0.4, 0.5) is 0 Å². The van der Waals surface area contributed by atoms with Crippen molar-refractivity contribution in [2.45, 2.75) is 32.7 Å². The molecule has 2 aromatic rings. The van der Waals surface area contributed by atoms with E-state index in [4.69, 9.17) is 4.74 Å². The molecular weight excluding hydrogens is 422 g/mol. The van der Waals surface area contributed by atoms with Crippen LogP contribution in [0, 0.1) is 18.3 Å². The highest BCUT2D eigenvalue weighted by Gasteiger charge is 2.59. The van der Waals surface area contributed by atoms with Gasteiger partial charge in [0.15, 0.2) is 5.69 Å². The summed E-state index contributed by atoms with van der Waals surface area (Å²) < 4.78 is 10.1. The Kier molecular flexibility index (Phi) is 5.82. The fraction of sp³-hybridized carbons (Fsp3) is 0.583. The van der Waals surface area contributed by atoms with Gasteiger partial charge in [-0.2, -0.15) is 0 Å². The first kappa shape index (κ1) is 21.9. The molecule has 0 radical (unpaired) electrons. The summed E-state index contributed by atoms with van der Waals surface area (Å²) in [4.78, 5) is 32.1. The summed E-state index contributed by atoms with van der Waals surface area (Å²) in [5, 5.41) is 7.44. The average Bonchev–Trinajstić information content (AvgIpc) is 3.36. The van der Waals surface area contributed by atoms with Gasteiger partial charge in [-0.3, -0.25) is 14.5 Å². The van der Waals surface area contributed by atoms with Gasteiger partial charge in [0.2, 0.25) is 5.91 Å². The Morgan fingerprint density at radius 1 is 1.06 bits per heavy atom. The molecule has 3 heterocycles. The van der Waals surface area contributed by atoms with Crippen molar-refractivity contribution >= 4 is 11.8 Å². The van der Waals surface area contributed by atoms with Crippen LogP contribution in [-0.4, -0.2) is 83.2 Å². The van der Waals surface area contributed by atoms with Crippen LogP contribution in [0.3, 0.4) is 0 Å². The number of methoxy groups -OCH3 is 1. The molecule has 2 amide bonds. The van der Waals surface area contributed by atoms with Gasteiger partial charge >= 0.3 is 0 Å². The highest BCUT2D eigenvalue weighted by molar-refractivity contribution is 5.93. The van der Waals surface area contributed by atoms with Crippen LogP contribution in [0.15, 0.2) is 28.9 Å².